The van der Waals surface area contributed by atoms with Gasteiger partial charge in [0.15, 0.2) is 11.6 Å². The van der Waals surface area contributed by atoms with Crippen LogP contribution in [-0.2, 0) is 0 Å². The van der Waals surface area contributed by atoms with Gasteiger partial charge in [-0.15, -0.1) is 0 Å². The average Bonchev–Trinajstić information content (AvgIpc) is 2.79. The molecule has 0 aliphatic heterocycles. The van der Waals surface area contributed by atoms with Crippen molar-refractivity contribution in [3.05, 3.63) is 65.7 Å². The number of halogens is 1. The first kappa shape index (κ1) is 23.6. The highest BCUT2D eigenvalue weighted by Gasteiger charge is 2.21. The summed E-state index contributed by atoms with van der Waals surface area (Å²) >= 11 is 0. The highest BCUT2D eigenvalue weighted by Crippen LogP contribution is 2.38. The Morgan fingerprint density at radius 3 is 2.29 bits per heavy atom. The Morgan fingerprint density at radius 1 is 0.935 bits per heavy atom. The van der Waals surface area contributed by atoms with Crippen LogP contribution in [0.2, 0.25) is 0 Å². The molecule has 1 aliphatic rings. The van der Waals surface area contributed by atoms with Gasteiger partial charge in [0.25, 0.3) is 0 Å². The monoisotopic (exact) mass is 422 g/mol. The van der Waals surface area contributed by atoms with E-state index in [0.717, 1.165) is 35.6 Å². The molecule has 31 heavy (non-hydrogen) atoms. The first-order chi connectivity index (χ1) is 15.1. The van der Waals surface area contributed by atoms with Crippen molar-refractivity contribution >= 4 is 0 Å². The summed E-state index contributed by atoms with van der Waals surface area (Å²) in [7, 11) is 0. The Kier molecular flexibility index (Phi) is 9.18. The fraction of sp³-hybridized carbons (Fsp3) is 0.517. The Bertz CT molecular complexity index is 828. The number of hydrogen-bond acceptors (Lipinski definition) is 1. The molecule has 1 nitrogen and oxygen atoms in total. The van der Waals surface area contributed by atoms with Crippen LogP contribution in [-0.4, -0.2) is 0 Å². The van der Waals surface area contributed by atoms with E-state index in [9.17, 15) is 4.39 Å². The second-order valence-corrected chi connectivity index (χ2v) is 9.19. The van der Waals surface area contributed by atoms with Crippen LogP contribution in [0.1, 0.15) is 96.5 Å². The fourth-order valence-electron chi connectivity index (χ4n) is 4.82. The number of rotatable bonds is 10. The minimum atomic E-state index is -0.308. The third kappa shape index (κ3) is 6.95. The summed E-state index contributed by atoms with van der Waals surface area (Å²) in [6.07, 6.45) is 14.6. The van der Waals surface area contributed by atoms with E-state index in [1.165, 1.54) is 56.9 Å². The third-order valence-corrected chi connectivity index (χ3v) is 6.70. The first-order valence-electron chi connectivity index (χ1n) is 12.3. The molecule has 2 aromatic rings. The van der Waals surface area contributed by atoms with Gasteiger partial charge >= 0.3 is 0 Å². The van der Waals surface area contributed by atoms with Crippen molar-refractivity contribution in [2.24, 2.45) is 5.92 Å². The van der Waals surface area contributed by atoms with E-state index in [0.29, 0.717) is 11.7 Å². The van der Waals surface area contributed by atoms with Crippen LogP contribution in [0.5, 0.6) is 5.75 Å². The van der Waals surface area contributed by atoms with Crippen molar-refractivity contribution in [1.82, 2.24) is 0 Å². The lowest BCUT2D eigenvalue weighted by atomic mass is 9.77. The minimum Gasteiger partial charge on any atom is -0.459 e. The molecule has 0 heterocycles. The number of hydrogen-bond donors (Lipinski definition) is 0. The summed E-state index contributed by atoms with van der Waals surface area (Å²) in [5.74, 6) is 2.37. The largest absolute Gasteiger partial charge is 0.459 e. The molecule has 0 spiro atoms. The van der Waals surface area contributed by atoms with Crippen LogP contribution in [0, 0.1) is 11.7 Å². The van der Waals surface area contributed by atoms with Crippen LogP contribution in [0.15, 0.2) is 54.3 Å². The zero-order valence-electron chi connectivity index (χ0n) is 19.6. The fourth-order valence-corrected chi connectivity index (χ4v) is 4.82. The van der Waals surface area contributed by atoms with E-state index in [-0.39, 0.29) is 5.82 Å². The van der Waals surface area contributed by atoms with Crippen molar-refractivity contribution in [1.29, 1.82) is 0 Å². The third-order valence-electron chi connectivity index (χ3n) is 6.70. The smallest absolute Gasteiger partial charge is 0.166 e. The number of benzene rings is 2. The van der Waals surface area contributed by atoms with E-state index in [1.807, 2.05) is 13.0 Å². The second-order valence-electron chi connectivity index (χ2n) is 9.19. The molecule has 0 bridgehead atoms. The quantitative estimate of drug-likeness (QED) is 0.274. The summed E-state index contributed by atoms with van der Waals surface area (Å²) in [5, 5.41) is 0. The van der Waals surface area contributed by atoms with Gasteiger partial charge < -0.3 is 4.74 Å². The molecule has 0 unspecified atom stereocenters. The van der Waals surface area contributed by atoms with E-state index >= 15 is 0 Å². The van der Waals surface area contributed by atoms with E-state index in [2.05, 4.69) is 44.2 Å². The summed E-state index contributed by atoms with van der Waals surface area (Å²) < 4.78 is 20.4. The molecule has 168 valence electrons. The molecule has 1 saturated carbocycles. The molecule has 0 N–H and O–H groups in total. The van der Waals surface area contributed by atoms with Crippen LogP contribution >= 0.6 is 0 Å². The van der Waals surface area contributed by atoms with Gasteiger partial charge in [0.05, 0.1) is 5.76 Å². The predicted octanol–water partition coefficient (Wildman–Crippen LogP) is 9.43. The van der Waals surface area contributed by atoms with Gasteiger partial charge in [0.1, 0.15) is 0 Å². The number of allylic oxidation sites excluding steroid dienone is 2. The van der Waals surface area contributed by atoms with Crippen molar-refractivity contribution < 1.29 is 9.13 Å². The van der Waals surface area contributed by atoms with Gasteiger partial charge in [0, 0.05) is 0 Å². The van der Waals surface area contributed by atoms with Crippen LogP contribution in [0.4, 0.5) is 4.39 Å². The predicted molar refractivity (Wildman–Crippen MR) is 130 cm³/mol. The maximum absolute atomic E-state index is 14.7. The molecule has 0 atom stereocenters. The van der Waals surface area contributed by atoms with Crippen LogP contribution in [0.3, 0.4) is 0 Å². The van der Waals surface area contributed by atoms with Gasteiger partial charge in [-0.25, -0.2) is 4.39 Å². The molecule has 3 rings (SSSR count). The first-order valence-corrected chi connectivity index (χ1v) is 12.3. The normalized spacial score (nSPS) is 19.4. The van der Waals surface area contributed by atoms with E-state index in [1.54, 1.807) is 12.1 Å². The zero-order valence-corrected chi connectivity index (χ0v) is 19.6. The molecule has 0 aromatic heterocycles. The highest BCUT2D eigenvalue weighted by molar-refractivity contribution is 5.65. The molecule has 1 aliphatic carbocycles. The van der Waals surface area contributed by atoms with Crippen molar-refractivity contribution in [2.75, 3.05) is 0 Å². The van der Waals surface area contributed by atoms with Crippen molar-refractivity contribution in [3.8, 4) is 16.9 Å². The Labute approximate surface area is 188 Å². The molecular weight excluding hydrogens is 383 g/mol. The standard InChI is InChI=1S/C29H39FO/c1-4-6-7-8-10-22(3)31-29-20-19-27(21-28(29)30)26-17-15-25(16-18-26)24-13-11-23(9-5-2)12-14-24/h10,15-21,23-24H,4-9,11-14H2,1-3H3/b22-10-. The molecular formula is C29H39FO. The lowest BCUT2D eigenvalue weighted by Gasteiger charge is -2.28. The van der Waals surface area contributed by atoms with Gasteiger partial charge in [-0.1, -0.05) is 69.9 Å². The SMILES string of the molecule is CCCCC/C=C(/C)Oc1ccc(-c2ccc(C3CCC(CCC)CC3)cc2)cc1F. The van der Waals surface area contributed by atoms with Gasteiger partial charge in [-0.05, 0) is 92.2 Å². The lowest BCUT2D eigenvalue weighted by molar-refractivity contribution is 0.308. The van der Waals surface area contributed by atoms with Crippen molar-refractivity contribution in [2.45, 2.75) is 90.9 Å². The Balaban J connectivity index is 1.60. The van der Waals surface area contributed by atoms with Gasteiger partial charge in [-0.2, -0.15) is 0 Å². The average molecular weight is 423 g/mol. The zero-order chi connectivity index (χ0) is 22.1. The van der Waals surface area contributed by atoms with Gasteiger partial charge in [0.2, 0.25) is 0 Å². The molecule has 0 amide bonds. The maximum atomic E-state index is 14.7. The number of ether oxygens (including phenoxy) is 1. The molecule has 0 radical (unpaired) electrons. The summed E-state index contributed by atoms with van der Waals surface area (Å²) in [4.78, 5) is 0. The maximum Gasteiger partial charge on any atom is 0.166 e. The molecule has 2 heteroatoms. The molecule has 0 saturated heterocycles. The topological polar surface area (TPSA) is 9.23 Å². The summed E-state index contributed by atoms with van der Waals surface area (Å²) in [6, 6.07) is 14.1. The Morgan fingerprint density at radius 2 is 1.65 bits per heavy atom. The molecule has 1 fully saturated rings. The van der Waals surface area contributed by atoms with Crippen LogP contribution in [0.25, 0.3) is 11.1 Å². The lowest BCUT2D eigenvalue weighted by Crippen LogP contribution is -2.13. The summed E-state index contributed by atoms with van der Waals surface area (Å²) in [5.41, 5.74) is 3.39. The number of unbranched alkanes of at least 4 members (excludes halogenated alkanes) is 3. The van der Waals surface area contributed by atoms with Gasteiger partial charge in [-0.3, -0.25) is 0 Å². The van der Waals surface area contributed by atoms with E-state index in [4.69, 9.17) is 4.74 Å². The minimum absolute atomic E-state index is 0.299. The van der Waals surface area contributed by atoms with Crippen LogP contribution < -0.4 is 4.74 Å². The molecule has 2 aromatic carbocycles. The van der Waals surface area contributed by atoms with Crippen molar-refractivity contribution in [3.63, 3.8) is 0 Å². The van der Waals surface area contributed by atoms with E-state index < -0.39 is 0 Å². The Hall–Kier alpha value is -2.09. The highest BCUT2D eigenvalue weighted by atomic mass is 19.1. The summed E-state index contributed by atoms with van der Waals surface area (Å²) in [6.45, 7) is 6.38. The second kappa shape index (κ2) is 12.1.